The van der Waals surface area contributed by atoms with Gasteiger partial charge in [-0.15, -0.1) is 0 Å². The van der Waals surface area contributed by atoms with Crippen LogP contribution in [0.2, 0.25) is 0 Å². The van der Waals surface area contributed by atoms with Gasteiger partial charge in [0.15, 0.2) is 12.4 Å². The van der Waals surface area contributed by atoms with E-state index in [0.717, 1.165) is 36.0 Å². The summed E-state index contributed by atoms with van der Waals surface area (Å²) in [5.41, 5.74) is 20.7. The predicted molar refractivity (Wildman–Crippen MR) is 296 cm³/mol. The molecule has 0 bridgehead atoms. The highest BCUT2D eigenvalue weighted by atomic mass is 16.7. The van der Waals surface area contributed by atoms with Crippen LogP contribution < -0.4 is 38.5 Å². The third-order valence-electron chi connectivity index (χ3n) is 14.4. The number of rotatable bonds is 41. The van der Waals surface area contributed by atoms with Gasteiger partial charge in [0, 0.05) is 19.6 Å². The second-order valence-electron chi connectivity index (χ2n) is 21.0. The number of hydrogen-bond donors (Lipinski definition) is 11. The predicted octanol–water partition coefficient (Wildman–Crippen LogP) is 5.34. The smallest absolute Gasteiger partial charge is 0.252 e. The largest absolute Gasteiger partial charge is 0.508 e. The zero-order valence-corrected chi connectivity index (χ0v) is 46.1. The van der Waals surface area contributed by atoms with Crippen molar-refractivity contribution in [1.82, 2.24) is 21.3 Å². The summed E-state index contributed by atoms with van der Waals surface area (Å²) in [6, 6.07) is 7.59. The van der Waals surface area contributed by atoms with Crippen molar-refractivity contribution in [3.63, 3.8) is 0 Å². The van der Waals surface area contributed by atoms with Gasteiger partial charge in [0.25, 0.3) is 5.91 Å². The molecule has 0 spiro atoms. The number of carbonyl (C=O) groups is 5. The Bertz CT molecular complexity index is 1960. The van der Waals surface area contributed by atoms with Crippen LogP contribution in [0.1, 0.15) is 183 Å². The Morgan fingerprint density at radius 1 is 0.618 bits per heavy atom. The fourth-order valence-corrected chi connectivity index (χ4v) is 9.73. The highest BCUT2D eigenvalue weighted by Gasteiger charge is 2.47. The van der Waals surface area contributed by atoms with Crippen molar-refractivity contribution in [1.29, 1.82) is 0 Å². The average Bonchev–Trinajstić information content (AvgIpc) is 3.39. The van der Waals surface area contributed by atoms with E-state index in [1.165, 1.54) is 89.9 Å². The Labute approximate surface area is 453 Å². The zero-order valence-electron chi connectivity index (χ0n) is 46.1. The summed E-state index contributed by atoms with van der Waals surface area (Å²) >= 11 is 0. The summed E-state index contributed by atoms with van der Waals surface area (Å²) < 4.78 is 11.5. The van der Waals surface area contributed by atoms with E-state index in [1.54, 1.807) is 50.2 Å². The highest BCUT2D eigenvalue weighted by molar-refractivity contribution is 5.94. The summed E-state index contributed by atoms with van der Waals surface area (Å²) in [6.45, 7) is 6.53. The van der Waals surface area contributed by atoms with E-state index in [2.05, 4.69) is 28.2 Å². The van der Waals surface area contributed by atoms with Gasteiger partial charge in [-0.1, -0.05) is 146 Å². The summed E-state index contributed by atoms with van der Waals surface area (Å²) in [4.78, 5) is 67.6. The van der Waals surface area contributed by atoms with Crippen molar-refractivity contribution < 1.29 is 53.9 Å². The molecule has 0 unspecified atom stereocenters. The van der Waals surface area contributed by atoms with Gasteiger partial charge in [-0.2, -0.15) is 0 Å². The maximum Gasteiger partial charge on any atom is 0.252 e. The summed E-state index contributed by atoms with van der Waals surface area (Å²) in [5, 5.41) is 53.0. The van der Waals surface area contributed by atoms with Crippen molar-refractivity contribution in [2.75, 3.05) is 19.7 Å². The Kier molecular flexibility index (Phi) is 32.8. The van der Waals surface area contributed by atoms with Gasteiger partial charge in [0.1, 0.15) is 42.2 Å². The Morgan fingerprint density at radius 3 is 1.67 bits per heavy atom. The molecule has 9 atom stereocenters. The van der Waals surface area contributed by atoms with Crippen molar-refractivity contribution >= 4 is 29.5 Å². The van der Waals surface area contributed by atoms with Gasteiger partial charge >= 0.3 is 0 Å². The average molecular weight is 1070 g/mol. The molecule has 0 aliphatic carbocycles. The minimum Gasteiger partial charge on any atom is -0.508 e. The number of nitrogens with one attached hydrogen (secondary N) is 4. The molecule has 0 radical (unpaired) electrons. The molecule has 18 heteroatoms. The van der Waals surface area contributed by atoms with E-state index in [-0.39, 0.29) is 57.4 Å². The van der Waals surface area contributed by atoms with Crippen LogP contribution in [0, 0.1) is 13.8 Å². The first-order valence-corrected chi connectivity index (χ1v) is 28.7. The number of aryl methyl sites for hydroxylation is 2. The maximum atomic E-state index is 14.2. The van der Waals surface area contributed by atoms with E-state index in [1.807, 2.05) is 6.07 Å². The van der Waals surface area contributed by atoms with Crippen LogP contribution >= 0.6 is 0 Å². The van der Waals surface area contributed by atoms with Crippen LogP contribution in [-0.4, -0.2) is 125 Å². The molecule has 0 aromatic heterocycles. The number of carbonyl (C=O) groups excluding carboxylic acids is 5. The lowest BCUT2D eigenvalue weighted by molar-refractivity contribution is -0.290. The van der Waals surface area contributed by atoms with Gasteiger partial charge in [0.05, 0.1) is 6.04 Å². The highest BCUT2D eigenvalue weighted by Crippen LogP contribution is 2.24. The van der Waals surface area contributed by atoms with E-state index < -0.39 is 84.4 Å². The first-order chi connectivity index (χ1) is 36.6. The topological polar surface area (TPSA) is 311 Å². The van der Waals surface area contributed by atoms with Crippen molar-refractivity contribution in [2.45, 2.75) is 243 Å². The number of amides is 5. The van der Waals surface area contributed by atoms with Crippen molar-refractivity contribution in [3.05, 3.63) is 64.7 Å². The first kappa shape index (κ1) is 65.6. The molecule has 76 heavy (non-hydrogen) atoms. The molecule has 3 rings (SSSR count). The molecule has 1 fully saturated rings. The lowest BCUT2D eigenvalue weighted by Gasteiger charge is -2.39. The third-order valence-corrected chi connectivity index (χ3v) is 14.4. The second-order valence-corrected chi connectivity index (χ2v) is 21.0. The quantitative estimate of drug-likeness (QED) is 0.0375. The summed E-state index contributed by atoms with van der Waals surface area (Å²) in [6.07, 6.45) is 16.7. The number of unbranched alkanes of at least 4 members (excludes halogenated alkanes) is 19. The van der Waals surface area contributed by atoms with Crippen molar-refractivity contribution in [2.24, 2.45) is 17.2 Å². The van der Waals surface area contributed by atoms with Gasteiger partial charge in [-0.3, -0.25) is 24.0 Å². The summed E-state index contributed by atoms with van der Waals surface area (Å²) in [7, 11) is 0. The Morgan fingerprint density at radius 2 is 1.12 bits per heavy atom. The number of aliphatic hydroxyl groups is 3. The summed E-state index contributed by atoms with van der Waals surface area (Å²) in [5.74, 6) is -3.38. The van der Waals surface area contributed by atoms with Crippen LogP contribution in [0.25, 0.3) is 0 Å². The standard InChI is InChI=1S/C58H97N7O11/c1-4-5-6-7-8-9-10-11-12-13-14-15-16-17-18-19-20-28-35-75-58-51(69)49(67)50(68)52(76-58)57(74)62-34-27-25-32-47(64-54(71)45(60)39-44-40(2)36-43(66)37-41(44)3)55(72)65-48(38-42-29-22-21-23-30-42)56(73)63-46(53(61)70)31-24-26-33-59/h21-23,29-30,36-37,45-52,58,66-69H,4-20,24-28,31-35,38-39,59-60H2,1-3H3,(H2,61,70)(H,62,74)(H,63,73)(H,64,71)(H,65,72)/t45-,46-,47+,48-,49-,50-,51+,52-,58+/m0/s1. The van der Waals surface area contributed by atoms with Crippen LogP contribution in [0.5, 0.6) is 5.75 Å². The molecule has 1 heterocycles. The first-order valence-electron chi connectivity index (χ1n) is 28.7. The second kappa shape index (κ2) is 38.0. The van der Waals surface area contributed by atoms with E-state index in [4.69, 9.17) is 26.7 Å². The number of aromatic hydroxyl groups is 1. The van der Waals surface area contributed by atoms with E-state index in [9.17, 15) is 44.4 Å². The lowest BCUT2D eigenvalue weighted by atomic mass is 9.95. The number of phenols is 1. The molecule has 5 amide bonds. The molecule has 18 nitrogen and oxygen atoms in total. The molecule has 14 N–H and O–H groups in total. The minimum absolute atomic E-state index is 0.0446. The number of nitrogens with two attached hydrogens (primary N) is 3. The molecule has 1 aliphatic heterocycles. The number of phenolic OH excluding ortho intramolecular Hbond substituents is 1. The van der Waals surface area contributed by atoms with E-state index >= 15 is 0 Å². The number of aliphatic hydroxyl groups excluding tert-OH is 3. The molecule has 0 saturated carbocycles. The molecular weight excluding hydrogens is 971 g/mol. The van der Waals surface area contributed by atoms with Crippen LogP contribution in [0.15, 0.2) is 42.5 Å². The lowest BCUT2D eigenvalue weighted by Crippen LogP contribution is -2.62. The number of benzene rings is 2. The normalized spacial score (nSPS) is 19.0. The van der Waals surface area contributed by atoms with Crippen molar-refractivity contribution in [3.8, 4) is 5.75 Å². The molecule has 2 aromatic carbocycles. The third kappa shape index (κ3) is 25.2. The van der Waals surface area contributed by atoms with E-state index in [0.29, 0.717) is 31.4 Å². The van der Waals surface area contributed by atoms with Crippen LogP contribution in [0.3, 0.4) is 0 Å². The fourth-order valence-electron chi connectivity index (χ4n) is 9.73. The molecular formula is C58H97N7O11. The molecule has 1 aliphatic rings. The zero-order chi connectivity index (χ0) is 55.7. The minimum atomic E-state index is -1.73. The molecule has 1 saturated heterocycles. The van der Waals surface area contributed by atoms with Gasteiger partial charge in [-0.05, 0) is 106 Å². The molecule has 430 valence electrons. The Balaban J connectivity index is 1.53. The molecule has 2 aromatic rings. The number of hydrogen-bond acceptors (Lipinski definition) is 13. The number of ether oxygens (including phenoxy) is 2. The number of primary amides is 1. The Hall–Kier alpha value is -4.69. The van der Waals surface area contributed by atoms with Crippen LogP contribution in [-0.2, 0) is 46.3 Å². The van der Waals surface area contributed by atoms with Gasteiger partial charge < -0.3 is 68.4 Å². The van der Waals surface area contributed by atoms with Gasteiger partial charge in [-0.25, -0.2) is 0 Å². The van der Waals surface area contributed by atoms with Crippen LogP contribution in [0.4, 0.5) is 0 Å². The fraction of sp³-hybridized carbons (Fsp3) is 0.707. The monoisotopic (exact) mass is 1070 g/mol. The maximum absolute atomic E-state index is 14.2. The SMILES string of the molecule is CCCCCCCCCCCCCCCCCCCCO[C@@H]1O[C@H](C(=O)NCCCC[C@@H](NC(=O)[C@@H](N)Cc2c(C)cc(O)cc2C)C(=O)N[C@@H](Cc2ccccc2)C(=O)N[C@@H](CCCCN)C(N)=O)[C@@H](O)[C@H](O)[C@H]1O. The van der Waals surface area contributed by atoms with Gasteiger partial charge in [0.2, 0.25) is 23.6 Å².